The molecule has 5 heteroatoms. The average molecular weight is 351 g/mol. The van der Waals surface area contributed by atoms with E-state index in [0.29, 0.717) is 19.3 Å². The summed E-state index contributed by atoms with van der Waals surface area (Å²) in [6.45, 7) is 2.15. The van der Waals surface area contributed by atoms with Crippen molar-refractivity contribution >= 4 is 6.29 Å². The molecule has 0 rings (SSSR count). The Balaban J connectivity index is 4.08. The number of nitro groups is 1. The smallest absolute Gasteiger partial charge is 0.242 e. The van der Waals surface area contributed by atoms with Crippen LogP contribution in [0.15, 0.2) is 36.5 Å². The number of carbonyl (C=O) groups is 1. The molecule has 0 aliphatic heterocycles. The molecule has 5 nitrogen and oxygen atoms in total. The van der Waals surface area contributed by atoms with Crippen LogP contribution in [0.5, 0.6) is 0 Å². The fourth-order valence-electron chi connectivity index (χ4n) is 2.35. The van der Waals surface area contributed by atoms with Crippen molar-refractivity contribution in [1.82, 2.24) is 0 Å². The van der Waals surface area contributed by atoms with Gasteiger partial charge < -0.3 is 9.90 Å². The number of hydrogen-bond acceptors (Lipinski definition) is 4. The van der Waals surface area contributed by atoms with Crippen molar-refractivity contribution in [2.24, 2.45) is 0 Å². The topological polar surface area (TPSA) is 80.4 Å². The van der Waals surface area contributed by atoms with Gasteiger partial charge in [0.15, 0.2) is 0 Å². The quantitative estimate of drug-likeness (QED) is 0.143. The summed E-state index contributed by atoms with van der Waals surface area (Å²) < 4.78 is 0. The molecule has 25 heavy (non-hydrogen) atoms. The van der Waals surface area contributed by atoms with Gasteiger partial charge in [-0.25, -0.2) is 0 Å². The largest absolute Gasteiger partial charge is 0.386 e. The van der Waals surface area contributed by atoms with E-state index in [2.05, 4.69) is 6.92 Å². The van der Waals surface area contributed by atoms with Crippen molar-refractivity contribution in [1.29, 1.82) is 0 Å². The molecule has 0 saturated carbocycles. The number of allylic oxidation sites excluding steroid dienone is 4. The molecule has 0 aromatic heterocycles. The Morgan fingerprint density at radius 1 is 0.920 bits per heavy atom. The van der Waals surface area contributed by atoms with E-state index in [1.54, 1.807) is 6.08 Å². The third-order valence-corrected chi connectivity index (χ3v) is 3.91. The van der Waals surface area contributed by atoms with Crippen molar-refractivity contribution in [2.75, 3.05) is 0 Å². The zero-order valence-electron chi connectivity index (χ0n) is 15.4. The lowest BCUT2D eigenvalue weighted by molar-refractivity contribution is -0.533. The third-order valence-electron chi connectivity index (χ3n) is 3.91. The Labute approximate surface area is 151 Å². The van der Waals surface area contributed by atoms with Crippen LogP contribution in [0.25, 0.3) is 0 Å². The molecule has 2 unspecified atom stereocenters. The van der Waals surface area contributed by atoms with Crippen LogP contribution in [0.3, 0.4) is 0 Å². The summed E-state index contributed by atoms with van der Waals surface area (Å²) in [4.78, 5) is 20.9. The summed E-state index contributed by atoms with van der Waals surface area (Å²) in [6, 6.07) is -0.965. The average Bonchev–Trinajstić information content (AvgIpc) is 2.59. The van der Waals surface area contributed by atoms with E-state index in [4.69, 9.17) is 0 Å². The Bertz CT molecular complexity index is 429. The maximum Gasteiger partial charge on any atom is 0.242 e. The Kier molecular flexibility index (Phi) is 15.9. The van der Waals surface area contributed by atoms with Crippen LogP contribution in [-0.2, 0) is 4.79 Å². The molecule has 0 aromatic carbocycles. The van der Waals surface area contributed by atoms with E-state index >= 15 is 0 Å². The van der Waals surface area contributed by atoms with Gasteiger partial charge in [0.1, 0.15) is 12.4 Å². The molecule has 1 N–H and O–H groups in total. The van der Waals surface area contributed by atoms with Gasteiger partial charge in [-0.05, 0) is 38.5 Å². The first kappa shape index (κ1) is 23.2. The predicted octanol–water partition coefficient (Wildman–Crippen LogP) is 4.78. The summed E-state index contributed by atoms with van der Waals surface area (Å²) in [5, 5.41) is 21.2. The molecule has 0 aromatic rings. The first-order chi connectivity index (χ1) is 12.1. The lowest BCUT2D eigenvalue weighted by Gasteiger charge is -2.12. The second-order valence-corrected chi connectivity index (χ2v) is 6.13. The van der Waals surface area contributed by atoms with Crippen LogP contribution in [-0.4, -0.2) is 28.5 Å². The molecule has 0 amide bonds. The first-order valence-corrected chi connectivity index (χ1v) is 9.33. The minimum atomic E-state index is -0.965. The van der Waals surface area contributed by atoms with Crippen LogP contribution in [0.4, 0.5) is 0 Å². The summed E-state index contributed by atoms with van der Waals surface area (Å²) in [7, 11) is 0. The number of aliphatic hydroxyl groups is 1. The molecule has 0 heterocycles. The van der Waals surface area contributed by atoms with E-state index in [1.165, 1.54) is 12.8 Å². The van der Waals surface area contributed by atoms with Crippen molar-refractivity contribution in [3.8, 4) is 0 Å². The molecule has 0 bridgehead atoms. The lowest BCUT2D eigenvalue weighted by Crippen LogP contribution is -2.32. The highest BCUT2D eigenvalue weighted by atomic mass is 16.6. The molecule has 0 saturated heterocycles. The lowest BCUT2D eigenvalue weighted by atomic mass is 10.0. The van der Waals surface area contributed by atoms with Gasteiger partial charge in [-0.15, -0.1) is 0 Å². The third kappa shape index (κ3) is 14.3. The van der Waals surface area contributed by atoms with E-state index in [9.17, 15) is 20.0 Å². The van der Waals surface area contributed by atoms with E-state index in [1.807, 2.05) is 30.4 Å². The minimum Gasteiger partial charge on any atom is -0.386 e. The number of rotatable bonds is 16. The van der Waals surface area contributed by atoms with Gasteiger partial charge in [-0.2, -0.15) is 0 Å². The van der Waals surface area contributed by atoms with Gasteiger partial charge in [0, 0.05) is 17.8 Å². The summed E-state index contributed by atoms with van der Waals surface area (Å²) in [5.41, 5.74) is 0. The van der Waals surface area contributed by atoms with Crippen LogP contribution in [0.2, 0.25) is 0 Å². The second kappa shape index (κ2) is 17.1. The van der Waals surface area contributed by atoms with Gasteiger partial charge in [-0.3, -0.25) is 10.1 Å². The molecule has 2 atom stereocenters. The van der Waals surface area contributed by atoms with Crippen molar-refractivity contribution in [3.63, 3.8) is 0 Å². The molecular formula is C20H33NO4. The number of carbonyl (C=O) groups excluding carboxylic acids is 1. The molecule has 0 aliphatic carbocycles. The van der Waals surface area contributed by atoms with E-state index < -0.39 is 17.1 Å². The molecule has 0 aliphatic rings. The molecule has 142 valence electrons. The number of aliphatic hydroxyl groups excluding tert-OH is 1. The second-order valence-electron chi connectivity index (χ2n) is 6.13. The van der Waals surface area contributed by atoms with Gasteiger partial charge in [0.25, 0.3) is 0 Å². The number of aldehydes is 1. The monoisotopic (exact) mass is 351 g/mol. The van der Waals surface area contributed by atoms with Crippen LogP contribution >= 0.6 is 0 Å². The standard InChI is InChI=1S/C20H33NO4/c1-2-3-4-5-11-14-17-20(23)19(21(24)25)16-13-10-8-6-7-9-12-15-18-22/h6-7,10-11,13-14,18-20,23H,2-5,8-9,12,15-17H2,1H3/b7-6-,13-10-,14-11-. The van der Waals surface area contributed by atoms with Gasteiger partial charge in [0.2, 0.25) is 6.04 Å². The normalized spacial score (nSPS) is 14.5. The number of hydrogen-bond donors (Lipinski definition) is 1. The maximum atomic E-state index is 11.1. The van der Waals surface area contributed by atoms with Gasteiger partial charge in [-0.1, -0.05) is 56.2 Å². The molecule has 0 fully saturated rings. The molecule has 0 radical (unpaired) electrons. The highest BCUT2D eigenvalue weighted by Gasteiger charge is 2.27. The highest BCUT2D eigenvalue weighted by Crippen LogP contribution is 2.10. The van der Waals surface area contributed by atoms with Crippen molar-refractivity contribution in [2.45, 2.75) is 83.3 Å². The zero-order valence-corrected chi connectivity index (χ0v) is 15.4. The van der Waals surface area contributed by atoms with Crippen LogP contribution in [0, 0.1) is 10.1 Å². The summed E-state index contributed by atoms with van der Waals surface area (Å²) in [6.07, 6.45) is 19.4. The highest BCUT2D eigenvalue weighted by molar-refractivity contribution is 5.49. The fraction of sp³-hybridized carbons (Fsp3) is 0.650. The van der Waals surface area contributed by atoms with E-state index in [0.717, 1.165) is 32.0 Å². The maximum absolute atomic E-state index is 11.1. The molecule has 0 spiro atoms. The molecular weight excluding hydrogens is 318 g/mol. The Morgan fingerprint density at radius 2 is 1.56 bits per heavy atom. The number of unbranched alkanes of at least 4 members (excludes halogenated alkanes) is 5. The first-order valence-electron chi connectivity index (χ1n) is 9.33. The minimum absolute atomic E-state index is 0.233. The van der Waals surface area contributed by atoms with Gasteiger partial charge in [0.05, 0.1) is 0 Å². The van der Waals surface area contributed by atoms with E-state index in [-0.39, 0.29) is 6.42 Å². The van der Waals surface area contributed by atoms with Crippen molar-refractivity contribution < 1.29 is 14.8 Å². The van der Waals surface area contributed by atoms with Gasteiger partial charge >= 0.3 is 0 Å². The fourth-order valence-corrected chi connectivity index (χ4v) is 2.35. The van der Waals surface area contributed by atoms with Crippen LogP contribution < -0.4 is 0 Å². The predicted molar refractivity (Wildman–Crippen MR) is 102 cm³/mol. The zero-order chi connectivity index (χ0) is 18.8. The summed E-state index contributed by atoms with van der Waals surface area (Å²) in [5.74, 6) is 0. The Morgan fingerprint density at radius 3 is 2.24 bits per heavy atom. The van der Waals surface area contributed by atoms with Crippen molar-refractivity contribution in [3.05, 3.63) is 46.6 Å². The Hall–Kier alpha value is -1.75. The SMILES string of the molecule is CCCCC/C=C\CC(O)C(C/C=C\C/C=C\CCCC=O)[N+](=O)[O-]. The summed E-state index contributed by atoms with van der Waals surface area (Å²) >= 11 is 0. The number of nitrogens with zero attached hydrogens (tertiary/aromatic N) is 1. The van der Waals surface area contributed by atoms with Crippen LogP contribution in [0.1, 0.15) is 71.1 Å².